The Morgan fingerprint density at radius 1 is 1.21 bits per heavy atom. The highest BCUT2D eigenvalue weighted by atomic mass is 32.1. The normalized spacial score (nSPS) is 10.6. The number of thiazole rings is 1. The van der Waals surface area contributed by atoms with E-state index in [-0.39, 0.29) is 16.6 Å². The molecule has 3 rings (SSSR count). The maximum atomic E-state index is 12.9. The highest BCUT2D eigenvalue weighted by Gasteiger charge is 2.21. The lowest BCUT2D eigenvalue weighted by molar-refractivity contribution is 0.0831. The zero-order valence-corrected chi connectivity index (χ0v) is 16.7. The van der Waals surface area contributed by atoms with Gasteiger partial charge in [0.1, 0.15) is 10.4 Å². The number of carbonyl (C=O) groups excluding carboxylic acids is 2. The summed E-state index contributed by atoms with van der Waals surface area (Å²) in [7, 11) is 3.29. The second-order valence-electron chi connectivity index (χ2n) is 6.35. The van der Waals surface area contributed by atoms with Crippen LogP contribution < -0.4 is 10.9 Å². The average molecular weight is 397 g/mol. The number of aryl methyl sites for hydroxylation is 2. The predicted octanol–water partition coefficient (Wildman–Crippen LogP) is 2.26. The van der Waals surface area contributed by atoms with Crippen LogP contribution in [0.4, 0.5) is 5.13 Å². The molecule has 9 heteroatoms. The Bertz CT molecular complexity index is 1100. The summed E-state index contributed by atoms with van der Waals surface area (Å²) in [4.78, 5) is 48.0. The zero-order valence-electron chi connectivity index (χ0n) is 15.9. The number of hydrogen-bond acceptors (Lipinski definition) is 6. The van der Waals surface area contributed by atoms with Crippen LogP contribution in [0.1, 0.15) is 31.3 Å². The Hall–Kier alpha value is -3.33. The summed E-state index contributed by atoms with van der Waals surface area (Å²) < 4.78 is 1.36. The van der Waals surface area contributed by atoms with Gasteiger partial charge in [-0.05, 0) is 37.6 Å². The number of rotatable bonds is 4. The standard InChI is InChI=1S/C19H19N5O3S/c1-11-7-9-24(13-6-5-8-20-10-13)17(26)14(11)16(25)22-19-21-12(2)15(28-19)18(27)23(3)4/h5-10H,1-4H3,(H,21,22,25). The molecule has 3 aromatic heterocycles. The Labute approximate surface area is 165 Å². The second-order valence-corrected chi connectivity index (χ2v) is 7.35. The number of carbonyl (C=O) groups is 2. The number of nitrogens with zero attached hydrogens (tertiary/aromatic N) is 4. The molecule has 3 aromatic rings. The molecule has 2 amide bonds. The van der Waals surface area contributed by atoms with Gasteiger partial charge in [0.2, 0.25) is 0 Å². The van der Waals surface area contributed by atoms with Crippen molar-refractivity contribution < 1.29 is 9.59 Å². The first kappa shape index (κ1) is 19.4. The Kier molecular flexibility index (Phi) is 5.36. The van der Waals surface area contributed by atoms with E-state index in [0.717, 1.165) is 11.3 Å². The third-order valence-corrected chi connectivity index (χ3v) is 5.13. The van der Waals surface area contributed by atoms with Crippen molar-refractivity contribution in [3.05, 3.63) is 68.8 Å². The zero-order chi connectivity index (χ0) is 20.4. The minimum atomic E-state index is -0.571. The van der Waals surface area contributed by atoms with Gasteiger partial charge in [0.15, 0.2) is 5.13 Å². The van der Waals surface area contributed by atoms with Gasteiger partial charge in [0, 0.05) is 26.5 Å². The SMILES string of the molecule is Cc1ccn(-c2cccnc2)c(=O)c1C(=O)Nc1nc(C)c(C(=O)N(C)C)s1. The summed E-state index contributed by atoms with van der Waals surface area (Å²) in [5.41, 5.74) is 1.19. The number of amides is 2. The first-order valence-corrected chi connectivity index (χ1v) is 9.24. The van der Waals surface area contributed by atoms with Crippen LogP contribution in [0.15, 0.2) is 41.6 Å². The summed E-state index contributed by atoms with van der Waals surface area (Å²) >= 11 is 1.08. The molecule has 0 atom stereocenters. The van der Waals surface area contributed by atoms with Gasteiger partial charge in [-0.25, -0.2) is 4.98 Å². The van der Waals surface area contributed by atoms with Crippen molar-refractivity contribution in [2.24, 2.45) is 0 Å². The molecular weight excluding hydrogens is 378 g/mol. The molecule has 0 aliphatic carbocycles. The van der Waals surface area contributed by atoms with Crippen molar-refractivity contribution >= 4 is 28.3 Å². The van der Waals surface area contributed by atoms with Crippen LogP contribution in [0, 0.1) is 13.8 Å². The molecule has 0 fully saturated rings. The number of aromatic nitrogens is 3. The first-order chi connectivity index (χ1) is 13.3. The molecule has 0 unspecified atom stereocenters. The number of anilines is 1. The van der Waals surface area contributed by atoms with Crippen molar-refractivity contribution in [2.75, 3.05) is 19.4 Å². The molecule has 8 nitrogen and oxygen atoms in total. The third kappa shape index (κ3) is 3.70. The lowest BCUT2D eigenvalue weighted by Gasteiger charge is -2.10. The summed E-state index contributed by atoms with van der Waals surface area (Å²) in [5, 5.41) is 2.91. The van der Waals surface area contributed by atoms with Gasteiger partial charge in [0.25, 0.3) is 17.4 Å². The molecule has 0 spiro atoms. The van der Waals surface area contributed by atoms with Crippen LogP contribution in [0.5, 0.6) is 0 Å². The molecular formula is C19H19N5O3S. The predicted molar refractivity (Wildman–Crippen MR) is 107 cm³/mol. The van der Waals surface area contributed by atoms with E-state index in [1.165, 1.54) is 9.47 Å². The number of hydrogen-bond donors (Lipinski definition) is 1. The molecule has 0 aliphatic heterocycles. The van der Waals surface area contributed by atoms with Crippen molar-refractivity contribution in [1.82, 2.24) is 19.4 Å². The molecule has 3 heterocycles. The molecule has 0 radical (unpaired) electrons. The summed E-state index contributed by atoms with van der Waals surface area (Å²) in [5.74, 6) is -0.760. The quantitative estimate of drug-likeness (QED) is 0.728. The van der Waals surface area contributed by atoms with Crippen molar-refractivity contribution in [3.63, 3.8) is 0 Å². The van der Waals surface area contributed by atoms with Crippen molar-refractivity contribution in [1.29, 1.82) is 0 Å². The van der Waals surface area contributed by atoms with Gasteiger partial charge < -0.3 is 4.90 Å². The monoisotopic (exact) mass is 397 g/mol. The van der Waals surface area contributed by atoms with E-state index in [4.69, 9.17) is 0 Å². The topological polar surface area (TPSA) is 97.2 Å². The second kappa shape index (κ2) is 7.73. The molecule has 0 saturated heterocycles. The fourth-order valence-corrected chi connectivity index (χ4v) is 3.60. The van der Waals surface area contributed by atoms with Gasteiger partial charge in [-0.2, -0.15) is 0 Å². The first-order valence-electron chi connectivity index (χ1n) is 8.42. The molecule has 1 N–H and O–H groups in total. The molecule has 144 valence electrons. The molecule has 0 saturated carbocycles. The van der Waals surface area contributed by atoms with Crippen LogP contribution in [-0.4, -0.2) is 45.3 Å². The summed E-state index contributed by atoms with van der Waals surface area (Å²) in [6.07, 6.45) is 4.75. The maximum Gasteiger partial charge on any atom is 0.268 e. The van der Waals surface area contributed by atoms with E-state index in [1.54, 1.807) is 64.7 Å². The van der Waals surface area contributed by atoms with Crippen molar-refractivity contribution in [2.45, 2.75) is 13.8 Å². The summed E-state index contributed by atoms with van der Waals surface area (Å²) in [6, 6.07) is 5.13. The smallest absolute Gasteiger partial charge is 0.268 e. The van der Waals surface area contributed by atoms with E-state index in [2.05, 4.69) is 15.3 Å². The molecule has 0 bridgehead atoms. The fraction of sp³-hybridized carbons (Fsp3) is 0.211. The van der Waals surface area contributed by atoms with E-state index < -0.39 is 11.5 Å². The highest BCUT2D eigenvalue weighted by Crippen LogP contribution is 2.24. The minimum absolute atomic E-state index is 0.0136. The number of pyridine rings is 2. The molecule has 28 heavy (non-hydrogen) atoms. The Morgan fingerprint density at radius 3 is 2.61 bits per heavy atom. The summed E-state index contributed by atoms with van der Waals surface area (Å²) in [6.45, 7) is 3.39. The van der Waals surface area contributed by atoms with Crippen LogP contribution in [-0.2, 0) is 0 Å². The maximum absolute atomic E-state index is 12.9. The van der Waals surface area contributed by atoms with Crippen LogP contribution in [0.2, 0.25) is 0 Å². The van der Waals surface area contributed by atoms with E-state index in [9.17, 15) is 14.4 Å². The molecule has 0 aliphatic rings. The van der Waals surface area contributed by atoms with E-state index in [1.807, 2.05) is 0 Å². The lowest BCUT2D eigenvalue weighted by Crippen LogP contribution is -2.29. The van der Waals surface area contributed by atoms with Crippen LogP contribution in [0.3, 0.4) is 0 Å². The van der Waals surface area contributed by atoms with Gasteiger partial charge in [0.05, 0.1) is 17.6 Å². The van der Waals surface area contributed by atoms with Crippen LogP contribution >= 0.6 is 11.3 Å². The fourth-order valence-electron chi connectivity index (χ4n) is 2.61. The van der Waals surface area contributed by atoms with E-state index in [0.29, 0.717) is 21.8 Å². The minimum Gasteiger partial charge on any atom is -0.344 e. The number of nitrogens with one attached hydrogen (secondary N) is 1. The largest absolute Gasteiger partial charge is 0.344 e. The highest BCUT2D eigenvalue weighted by molar-refractivity contribution is 7.17. The molecule has 0 aromatic carbocycles. The van der Waals surface area contributed by atoms with Gasteiger partial charge in [-0.15, -0.1) is 0 Å². The Morgan fingerprint density at radius 2 is 1.96 bits per heavy atom. The van der Waals surface area contributed by atoms with Crippen LogP contribution in [0.25, 0.3) is 5.69 Å². The van der Waals surface area contributed by atoms with Gasteiger partial charge >= 0.3 is 0 Å². The lowest BCUT2D eigenvalue weighted by atomic mass is 10.1. The van der Waals surface area contributed by atoms with Gasteiger partial charge in [-0.1, -0.05) is 11.3 Å². The van der Waals surface area contributed by atoms with E-state index >= 15 is 0 Å². The third-order valence-electron chi connectivity index (χ3n) is 4.07. The average Bonchev–Trinajstić information content (AvgIpc) is 3.01. The van der Waals surface area contributed by atoms with Gasteiger partial charge in [-0.3, -0.25) is 29.3 Å². The van der Waals surface area contributed by atoms with Crippen molar-refractivity contribution in [3.8, 4) is 5.69 Å². The Balaban J connectivity index is 1.95.